The van der Waals surface area contributed by atoms with Crippen LogP contribution in [-0.2, 0) is 0 Å². The van der Waals surface area contributed by atoms with Crippen LogP contribution in [-0.4, -0.2) is 11.5 Å². The van der Waals surface area contributed by atoms with Gasteiger partial charge in [-0.25, -0.2) is 0 Å². The van der Waals surface area contributed by atoms with Crippen LogP contribution in [0.15, 0.2) is 6.07 Å². The lowest BCUT2D eigenvalue weighted by Crippen LogP contribution is -2.29. The minimum absolute atomic E-state index is 0.421. The highest BCUT2D eigenvalue weighted by Gasteiger charge is 2.53. The molecular formula is C17H26N2. The molecule has 2 aliphatic rings. The molecule has 0 amide bonds. The summed E-state index contributed by atoms with van der Waals surface area (Å²) >= 11 is 0. The normalized spacial score (nSPS) is 22.3. The number of aromatic nitrogens is 1. The fraction of sp³-hybridized carbons (Fsp3) is 0.706. The Balaban J connectivity index is 1.68. The number of hydrogen-bond donors (Lipinski definition) is 1. The standard InChI is InChI=1S/C17H26N2/c1-11-9-12(2)19-14(4)16(11)13(3)18-10-17(7-8-17)15-5-6-15/h9,13,15,18H,5-8,10H2,1-4H3. The molecule has 0 aliphatic heterocycles. The lowest BCUT2D eigenvalue weighted by atomic mass is 9.97. The Morgan fingerprint density at radius 1 is 1.32 bits per heavy atom. The summed E-state index contributed by atoms with van der Waals surface area (Å²) in [4.78, 5) is 4.62. The van der Waals surface area contributed by atoms with Crippen molar-refractivity contribution in [3.63, 3.8) is 0 Å². The van der Waals surface area contributed by atoms with E-state index >= 15 is 0 Å². The molecule has 104 valence electrons. The van der Waals surface area contributed by atoms with Gasteiger partial charge in [0.2, 0.25) is 0 Å². The molecule has 2 saturated carbocycles. The van der Waals surface area contributed by atoms with Crippen molar-refractivity contribution in [3.05, 3.63) is 28.6 Å². The summed E-state index contributed by atoms with van der Waals surface area (Å²) in [5.74, 6) is 1.03. The smallest absolute Gasteiger partial charge is 0.0426 e. The predicted octanol–water partition coefficient (Wildman–Crippen LogP) is 3.85. The molecule has 0 radical (unpaired) electrons. The van der Waals surface area contributed by atoms with E-state index in [0.29, 0.717) is 11.5 Å². The van der Waals surface area contributed by atoms with E-state index in [1.807, 2.05) is 0 Å². The van der Waals surface area contributed by atoms with Gasteiger partial charge in [0.1, 0.15) is 0 Å². The van der Waals surface area contributed by atoms with Crippen molar-refractivity contribution in [2.24, 2.45) is 11.3 Å². The third-order valence-electron chi connectivity index (χ3n) is 5.11. The molecule has 1 aromatic heterocycles. The molecule has 1 atom stereocenters. The minimum atomic E-state index is 0.421. The maximum Gasteiger partial charge on any atom is 0.0426 e. The number of nitrogens with zero attached hydrogens (tertiary/aromatic N) is 1. The predicted molar refractivity (Wildman–Crippen MR) is 79.3 cm³/mol. The Bertz CT molecular complexity index is 461. The molecule has 0 bridgehead atoms. The van der Waals surface area contributed by atoms with E-state index in [1.54, 1.807) is 0 Å². The fourth-order valence-electron chi connectivity index (χ4n) is 3.73. The van der Waals surface area contributed by atoms with Gasteiger partial charge >= 0.3 is 0 Å². The highest BCUT2D eigenvalue weighted by Crippen LogP contribution is 2.60. The first-order valence-electron chi connectivity index (χ1n) is 7.70. The zero-order chi connectivity index (χ0) is 13.6. The topological polar surface area (TPSA) is 24.9 Å². The molecule has 1 unspecified atom stereocenters. The number of aryl methyl sites for hydroxylation is 3. The van der Waals surface area contributed by atoms with Crippen molar-refractivity contribution in [2.75, 3.05) is 6.54 Å². The zero-order valence-corrected chi connectivity index (χ0v) is 12.7. The van der Waals surface area contributed by atoms with Gasteiger partial charge in [-0.15, -0.1) is 0 Å². The molecule has 0 spiro atoms. The van der Waals surface area contributed by atoms with Gasteiger partial charge in [-0.2, -0.15) is 0 Å². The van der Waals surface area contributed by atoms with E-state index in [0.717, 1.165) is 11.6 Å². The van der Waals surface area contributed by atoms with Gasteiger partial charge in [-0.3, -0.25) is 4.98 Å². The largest absolute Gasteiger partial charge is 0.310 e. The second-order valence-corrected chi connectivity index (χ2v) is 6.82. The van der Waals surface area contributed by atoms with Crippen LogP contribution >= 0.6 is 0 Å². The van der Waals surface area contributed by atoms with Crippen molar-refractivity contribution in [3.8, 4) is 0 Å². The van der Waals surface area contributed by atoms with Gasteiger partial charge in [-0.05, 0) is 81.9 Å². The van der Waals surface area contributed by atoms with Gasteiger partial charge < -0.3 is 5.32 Å². The van der Waals surface area contributed by atoms with Crippen LogP contribution in [0.4, 0.5) is 0 Å². The van der Waals surface area contributed by atoms with Gasteiger partial charge in [0.05, 0.1) is 0 Å². The molecule has 1 N–H and O–H groups in total. The van der Waals surface area contributed by atoms with E-state index in [4.69, 9.17) is 0 Å². The summed E-state index contributed by atoms with van der Waals surface area (Å²) in [6, 6.07) is 2.62. The molecular weight excluding hydrogens is 232 g/mol. The summed E-state index contributed by atoms with van der Waals surface area (Å²) in [7, 11) is 0. The molecule has 19 heavy (non-hydrogen) atoms. The van der Waals surface area contributed by atoms with Crippen molar-refractivity contribution in [1.82, 2.24) is 10.3 Å². The van der Waals surface area contributed by atoms with Gasteiger partial charge in [0.25, 0.3) is 0 Å². The molecule has 0 saturated heterocycles. The summed E-state index contributed by atoms with van der Waals surface area (Å²) in [6.07, 6.45) is 5.84. The highest BCUT2D eigenvalue weighted by molar-refractivity contribution is 5.33. The minimum Gasteiger partial charge on any atom is -0.310 e. The van der Waals surface area contributed by atoms with Crippen LogP contribution in [0.1, 0.15) is 61.2 Å². The zero-order valence-electron chi connectivity index (χ0n) is 12.7. The maximum absolute atomic E-state index is 4.62. The lowest BCUT2D eigenvalue weighted by molar-refractivity contribution is 0.381. The average molecular weight is 258 g/mol. The monoisotopic (exact) mass is 258 g/mol. The summed E-state index contributed by atoms with van der Waals surface area (Å²) in [5.41, 5.74) is 5.77. The van der Waals surface area contributed by atoms with Crippen LogP contribution in [0, 0.1) is 32.1 Å². The second kappa shape index (κ2) is 4.59. The number of rotatable bonds is 5. The molecule has 2 nitrogen and oxygen atoms in total. The van der Waals surface area contributed by atoms with Crippen LogP contribution in [0.3, 0.4) is 0 Å². The Morgan fingerprint density at radius 2 is 2.00 bits per heavy atom. The first-order chi connectivity index (χ1) is 9.02. The Hall–Kier alpha value is -0.890. The van der Waals surface area contributed by atoms with Crippen molar-refractivity contribution in [1.29, 1.82) is 0 Å². The Morgan fingerprint density at radius 3 is 2.53 bits per heavy atom. The Labute approximate surface area is 117 Å². The van der Waals surface area contributed by atoms with E-state index in [-0.39, 0.29) is 0 Å². The van der Waals surface area contributed by atoms with E-state index in [9.17, 15) is 0 Å². The summed E-state index contributed by atoms with van der Waals surface area (Å²) < 4.78 is 0. The van der Waals surface area contributed by atoms with Crippen LogP contribution in [0.2, 0.25) is 0 Å². The second-order valence-electron chi connectivity index (χ2n) is 6.82. The lowest BCUT2D eigenvalue weighted by Gasteiger charge is -2.22. The first-order valence-corrected chi connectivity index (χ1v) is 7.70. The average Bonchev–Trinajstić information content (AvgIpc) is 3.17. The van der Waals surface area contributed by atoms with Crippen LogP contribution in [0.5, 0.6) is 0 Å². The molecule has 0 aromatic carbocycles. The Kier molecular flexibility index (Phi) is 3.17. The van der Waals surface area contributed by atoms with Gasteiger partial charge in [-0.1, -0.05) is 0 Å². The number of hydrogen-bond acceptors (Lipinski definition) is 2. The van der Waals surface area contributed by atoms with Crippen LogP contribution < -0.4 is 5.32 Å². The van der Waals surface area contributed by atoms with E-state index in [2.05, 4.69) is 44.1 Å². The molecule has 3 rings (SSSR count). The number of pyridine rings is 1. The number of nitrogens with one attached hydrogen (secondary N) is 1. The highest BCUT2D eigenvalue weighted by atomic mass is 14.9. The van der Waals surface area contributed by atoms with Crippen molar-refractivity contribution >= 4 is 0 Å². The summed E-state index contributed by atoms with van der Waals surface area (Å²) in [6.45, 7) is 9.92. The first kappa shape index (κ1) is 13.1. The maximum atomic E-state index is 4.62. The van der Waals surface area contributed by atoms with E-state index in [1.165, 1.54) is 49.0 Å². The van der Waals surface area contributed by atoms with Crippen molar-refractivity contribution < 1.29 is 0 Å². The van der Waals surface area contributed by atoms with Crippen LogP contribution in [0.25, 0.3) is 0 Å². The molecule has 1 heterocycles. The molecule has 2 fully saturated rings. The fourth-order valence-corrected chi connectivity index (χ4v) is 3.73. The SMILES string of the molecule is Cc1cc(C)c(C(C)NCC2(C3CC3)CC2)c(C)n1. The molecule has 2 heteroatoms. The van der Waals surface area contributed by atoms with Gasteiger partial charge in [0, 0.05) is 24.0 Å². The third-order valence-corrected chi connectivity index (χ3v) is 5.11. The molecule has 1 aromatic rings. The third kappa shape index (κ3) is 2.55. The van der Waals surface area contributed by atoms with E-state index < -0.39 is 0 Å². The molecule has 2 aliphatic carbocycles. The summed E-state index contributed by atoms with van der Waals surface area (Å²) in [5, 5.41) is 3.78. The quantitative estimate of drug-likeness (QED) is 0.867. The van der Waals surface area contributed by atoms with Gasteiger partial charge in [0.15, 0.2) is 0 Å². The van der Waals surface area contributed by atoms with Crippen molar-refractivity contribution in [2.45, 2.75) is 59.4 Å².